The van der Waals surface area contributed by atoms with Gasteiger partial charge in [0.15, 0.2) is 0 Å². The molecule has 0 radical (unpaired) electrons. The molecule has 0 aliphatic rings. The van der Waals surface area contributed by atoms with E-state index in [4.69, 9.17) is 13.0 Å². The van der Waals surface area contributed by atoms with Crippen LogP contribution in [0, 0.1) is 0 Å². The van der Waals surface area contributed by atoms with Crippen LogP contribution in [0.1, 0.15) is 2.85 Å². The smallest absolute Gasteiger partial charge is 1.00 e. The third-order valence-corrected chi connectivity index (χ3v) is 0. The SMILES string of the molecule is NS(=O)(=O)O.[H-].[H-].[Mg+2]. The van der Waals surface area contributed by atoms with Gasteiger partial charge in [-0.2, -0.15) is 8.42 Å². The van der Waals surface area contributed by atoms with Crippen LogP contribution >= 0.6 is 0 Å². The van der Waals surface area contributed by atoms with Gasteiger partial charge in [0.2, 0.25) is 0 Å². The molecule has 0 aliphatic heterocycles. The van der Waals surface area contributed by atoms with Crippen molar-refractivity contribution in [2.45, 2.75) is 0 Å². The Morgan fingerprint density at radius 3 is 1.67 bits per heavy atom. The van der Waals surface area contributed by atoms with Crippen LogP contribution < -0.4 is 5.14 Å². The standard InChI is InChI=1S/Mg.H3NO3S.2H/c;1-5(2,3)4;;/h;(H3,1,2,3,4);;/q+2;;2*-1. The number of rotatable bonds is 0. The molecule has 36 valence electrons. The fourth-order valence-electron chi connectivity index (χ4n) is 0. The fourth-order valence-corrected chi connectivity index (χ4v) is 0. The zero-order chi connectivity index (χ0) is 4.50. The van der Waals surface area contributed by atoms with E-state index in [0.717, 1.165) is 0 Å². The van der Waals surface area contributed by atoms with Gasteiger partial charge in [0.25, 0.3) is 0 Å². The zero-order valence-corrected chi connectivity index (χ0v) is 5.19. The van der Waals surface area contributed by atoms with E-state index in [1.54, 1.807) is 0 Å². The summed E-state index contributed by atoms with van der Waals surface area (Å²) in [5.41, 5.74) is 0. The fraction of sp³-hybridized carbons (Fsp3) is 0. The minimum atomic E-state index is -4.17. The molecule has 0 aromatic heterocycles. The Kier molecular flexibility index (Phi) is 4.50. The summed E-state index contributed by atoms with van der Waals surface area (Å²) in [4.78, 5) is 0. The first-order chi connectivity index (χ1) is 2.00. The average molecular weight is 123 g/mol. The van der Waals surface area contributed by atoms with E-state index in [1.807, 2.05) is 0 Å². The Balaban J connectivity index is -0.0000000267. The van der Waals surface area contributed by atoms with E-state index in [9.17, 15) is 0 Å². The molecule has 0 aromatic rings. The van der Waals surface area contributed by atoms with Crippen LogP contribution in [0.25, 0.3) is 0 Å². The molecule has 0 aliphatic carbocycles. The van der Waals surface area contributed by atoms with Gasteiger partial charge in [0, 0.05) is 0 Å². The summed E-state index contributed by atoms with van der Waals surface area (Å²) in [6.07, 6.45) is 0. The maximum absolute atomic E-state index is 8.97. The van der Waals surface area contributed by atoms with Crippen molar-refractivity contribution in [1.82, 2.24) is 0 Å². The van der Waals surface area contributed by atoms with Crippen molar-refractivity contribution < 1.29 is 15.8 Å². The second-order valence-electron chi connectivity index (χ2n) is 0.515. The van der Waals surface area contributed by atoms with Crippen molar-refractivity contribution >= 4 is 33.4 Å². The molecule has 0 amide bonds. The van der Waals surface area contributed by atoms with Crippen LogP contribution in [0.2, 0.25) is 0 Å². The third kappa shape index (κ3) is 151. The molecule has 4 nitrogen and oxygen atoms in total. The van der Waals surface area contributed by atoms with Gasteiger partial charge < -0.3 is 2.85 Å². The molecule has 0 heterocycles. The molecule has 0 saturated carbocycles. The molecule has 0 fully saturated rings. The number of hydrogen-bond acceptors (Lipinski definition) is 2. The first kappa shape index (κ1) is 9.81. The maximum Gasteiger partial charge on any atom is 2.00 e. The molecule has 0 saturated heterocycles. The minimum absolute atomic E-state index is 0. The van der Waals surface area contributed by atoms with Crippen LogP contribution in [0.3, 0.4) is 0 Å². The summed E-state index contributed by atoms with van der Waals surface area (Å²) < 4.78 is 25.2. The summed E-state index contributed by atoms with van der Waals surface area (Å²) in [5.74, 6) is 0. The van der Waals surface area contributed by atoms with Crippen LogP contribution in [0.4, 0.5) is 0 Å². The van der Waals surface area contributed by atoms with Gasteiger partial charge in [-0.1, -0.05) is 0 Å². The van der Waals surface area contributed by atoms with Gasteiger partial charge in [-0.05, 0) is 0 Å². The average Bonchev–Trinajstić information content (AvgIpc) is 0.722. The van der Waals surface area contributed by atoms with E-state index >= 15 is 0 Å². The van der Waals surface area contributed by atoms with E-state index in [2.05, 4.69) is 5.14 Å². The molecular formula is H5MgNO3S. The van der Waals surface area contributed by atoms with Gasteiger partial charge in [0.05, 0.1) is 0 Å². The van der Waals surface area contributed by atoms with Crippen LogP contribution in [0.15, 0.2) is 0 Å². The van der Waals surface area contributed by atoms with Crippen molar-refractivity contribution in [3.05, 3.63) is 0 Å². The van der Waals surface area contributed by atoms with E-state index < -0.39 is 10.3 Å². The second kappa shape index (κ2) is 2.75. The van der Waals surface area contributed by atoms with Crippen LogP contribution in [-0.4, -0.2) is 36.0 Å². The van der Waals surface area contributed by atoms with Crippen molar-refractivity contribution in [1.29, 1.82) is 0 Å². The minimum Gasteiger partial charge on any atom is -1.00 e. The monoisotopic (exact) mass is 123 g/mol. The summed E-state index contributed by atoms with van der Waals surface area (Å²) in [7, 11) is -4.17. The van der Waals surface area contributed by atoms with E-state index in [-0.39, 0.29) is 25.9 Å². The molecule has 6 heteroatoms. The predicted molar refractivity (Wildman–Crippen MR) is 23.7 cm³/mol. The number of hydrogen-bond donors (Lipinski definition) is 2. The van der Waals surface area contributed by atoms with Crippen LogP contribution in [-0.2, 0) is 10.3 Å². The summed E-state index contributed by atoms with van der Waals surface area (Å²) in [6, 6.07) is 0. The molecule has 0 unspecified atom stereocenters. The normalized spacial score (nSPS) is 9.67. The Morgan fingerprint density at radius 2 is 1.67 bits per heavy atom. The molecule has 6 heavy (non-hydrogen) atoms. The maximum atomic E-state index is 8.97. The first-order valence-corrected chi connectivity index (χ1v) is 2.25. The quantitative estimate of drug-likeness (QED) is 0.307. The molecular weight excluding hydrogens is 118 g/mol. The van der Waals surface area contributed by atoms with Gasteiger partial charge in [-0.15, -0.1) is 0 Å². The van der Waals surface area contributed by atoms with Gasteiger partial charge in [-0.3, -0.25) is 4.55 Å². The van der Waals surface area contributed by atoms with Crippen molar-refractivity contribution in [3.63, 3.8) is 0 Å². The second-order valence-corrected chi connectivity index (χ2v) is 1.54. The Bertz CT molecular complexity index is 100. The van der Waals surface area contributed by atoms with E-state index in [0.29, 0.717) is 0 Å². The van der Waals surface area contributed by atoms with Crippen molar-refractivity contribution in [2.24, 2.45) is 5.14 Å². The molecule has 0 spiro atoms. The Labute approximate surface area is 54.7 Å². The molecule has 0 rings (SSSR count). The predicted octanol–water partition coefficient (Wildman–Crippen LogP) is -1.41. The number of nitrogens with two attached hydrogens (primary N) is 1. The summed E-state index contributed by atoms with van der Waals surface area (Å²) >= 11 is 0. The third-order valence-electron chi connectivity index (χ3n) is 0. The van der Waals surface area contributed by atoms with Gasteiger partial charge in [0.1, 0.15) is 0 Å². The Hall–Kier alpha value is 0.636. The van der Waals surface area contributed by atoms with Gasteiger partial charge >= 0.3 is 33.4 Å². The molecule has 0 bridgehead atoms. The largest absolute Gasteiger partial charge is 2.00 e. The van der Waals surface area contributed by atoms with Crippen molar-refractivity contribution in [2.75, 3.05) is 0 Å². The van der Waals surface area contributed by atoms with Crippen molar-refractivity contribution in [3.8, 4) is 0 Å². The zero-order valence-electron chi connectivity index (χ0n) is 4.96. The van der Waals surface area contributed by atoms with E-state index in [1.165, 1.54) is 0 Å². The molecule has 0 atom stereocenters. The summed E-state index contributed by atoms with van der Waals surface area (Å²) in [6.45, 7) is 0. The van der Waals surface area contributed by atoms with Crippen LogP contribution in [0.5, 0.6) is 0 Å². The first-order valence-electron chi connectivity index (χ1n) is 0.752. The summed E-state index contributed by atoms with van der Waals surface area (Å²) in [5, 5.41) is 3.88. The van der Waals surface area contributed by atoms with Gasteiger partial charge in [-0.25, -0.2) is 5.14 Å². The Morgan fingerprint density at radius 1 is 1.67 bits per heavy atom. The topological polar surface area (TPSA) is 80.4 Å². The molecule has 3 N–H and O–H groups in total. The molecule has 0 aromatic carbocycles.